The zero-order valence-corrected chi connectivity index (χ0v) is 11.1. The van der Waals surface area contributed by atoms with Crippen LogP contribution >= 0.6 is 0 Å². The Balaban J connectivity index is 2.32. The van der Waals surface area contributed by atoms with Crippen molar-refractivity contribution in [2.24, 2.45) is 0 Å². The Bertz CT molecular complexity index is 744. The molecule has 3 nitrogen and oxygen atoms in total. The van der Waals surface area contributed by atoms with Crippen LogP contribution in [0.5, 0.6) is 5.75 Å². The lowest BCUT2D eigenvalue weighted by atomic mass is 10.2. The summed E-state index contributed by atoms with van der Waals surface area (Å²) >= 11 is 0. The molecular weight excluding hydrogens is 236 g/mol. The zero-order chi connectivity index (χ0) is 13.4. The van der Waals surface area contributed by atoms with Crippen LogP contribution in [0.2, 0.25) is 0 Å². The van der Waals surface area contributed by atoms with Crippen LogP contribution in [0.1, 0.15) is 12.5 Å². The molecule has 0 aliphatic carbocycles. The number of aromatic nitrogens is 2. The molecule has 3 heteroatoms. The van der Waals surface area contributed by atoms with E-state index in [1.54, 1.807) is 6.07 Å². The average molecular weight is 252 g/mol. The predicted molar refractivity (Wildman–Crippen MR) is 77.2 cm³/mol. The second kappa shape index (κ2) is 4.43. The van der Waals surface area contributed by atoms with E-state index in [-0.39, 0.29) is 5.75 Å². The predicted octanol–water partition coefficient (Wildman–Crippen LogP) is 3.74. The molecular formula is C16H16N2O. The van der Waals surface area contributed by atoms with E-state index in [0.29, 0.717) is 0 Å². The van der Waals surface area contributed by atoms with Crippen LogP contribution in [0.4, 0.5) is 0 Å². The van der Waals surface area contributed by atoms with Gasteiger partial charge in [-0.25, -0.2) is 4.98 Å². The number of aromatic hydroxyl groups is 1. The number of phenols is 1. The summed E-state index contributed by atoms with van der Waals surface area (Å²) in [5, 5.41) is 10.0. The Morgan fingerprint density at radius 2 is 1.95 bits per heavy atom. The van der Waals surface area contributed by atoms with Gasteiger partial charge in [0.2, 0.25) is 0 Å². The molecule has 0 saturated heterocycles. The second-order valence-electron chi connectivity index (χ2n) is 4.69. The lowest BCUT2D eigenvalue weighted by Crippen LogP contribution is -1.97. The number of fused-ring (bicyclic) bond motifs is 1. The van der Waals surface area contributed by atoms with E-state index in [4.69, 9.17) is 0 Å². The number of nitrogens with zero attached hydrogens (tertiary/aromatic N) is 2. The fourth-order valence-corrected chi connectivity index (χ4v) is 2.43. The van der Waals surface area contributed by atoms with E-state index in [0.717, 1.165) is 29.0 Å². The van der Waals surface area contributed by atoms with E-state index in [9.17, 15) is 5.11 Å². The number of hydrogen-bond donors (Lipinski definition) is 1. The lowest BCUT2D eigenvalue weighted by Gasteiger charge is -2.07. The number of rotatable bonds is 2. The number of imidazole rings is 1. The number of phenolic OH excluding ortho intramolecular Hbond substituents is 1. The summed E-state index contributed by atoms with van der Waals surface area (Å²) in [4.78, 5) is 4.68. The Kier molecular flexibility index (Phi) is 2.75. The van der Waals surface area contributed by atoms with Crippen molar-refractivity contribution < 1.29 is 5.11 Å². The molecule has 2 aromatic carbocycles. The van der Waals surface area contributed by atoms with Crippen molar-refractivity contribution in [1.82, 2.24) is 9.55 Å². The molecule has 0 aliphatic heterocycles. The van der Waals surface area contributed by atoms with Crippen molar-refractivity contribution in [3.63, 3.8) is 0 Å². The topological polar surface area (TPSA) is 38.0 Å². The minimum absolute atomic E-state index is 0.268. The van der Waals surface area contributed by atoms with Crippen LogP contribution in [-0.2, 0) is 6.54 Å². The van der Waals surface area contributed by atoms with Crippen molar-refractivity contribution in [1.29, 1.82) is 0 Å². The number of para-hydroxylation sites is 1. The molecule has 0 saturated carbocycles. The van der Waals surface area contributed by atoms with Gasteiger partial charge in [0.25, 0.3) is 0 Å². The highest BCUT2D eigenvalue weighted by molar-refractivity contribution is 5.82. The largest absolute Gasteiger partial charge is 0.507 e. The van der Waals surface area contributed by atoms with Gasteiger partial charge in [0.1, 0.15) is 11.6 Å². The van der Waals surface area contributed by atoms with Gasteiger partial charge in [-0.1, -0.05) is 18.2 Å². The minimum atomic E-state index is 0.268. The average Bonchev–Trinajstić information content (AvgIpc) is 2.76. The Labute approximate surface area is 112 Å². The molecule has 1 heterocycles. The number of aryl methyl sites for hydroxylation is 2. The monoisotopic (exact) mass is 252 g/mol. The number of benzene rings is 2. The van der Waals surface area contributed by atoms with Crippen LogP contribution in [0, 0.1) is 6.92 Å². The Hall–Kier alpha value is -2.29. The number of hydrogen-bond acceptors (Lipinski definition) is 2. The van der Waals surface area contributed by atoms with Crippen LogP contribution in [0.25, 0.3) is 22.4 Å². The summed E-state index contributed by atoms with van der Waals surface area (Å²) in [7, 11) is 0. The molecule has 96 valence electrons. The molecule has 0 spiro atoms. The standard InChI is InChI=1S/C16H16N2O/c1-3-18-14-9-8-11(2)10-13(14)17-16(18)12-6-4-5-7-15(12)19/h4-10,19H,3H2,1-2H3. The van der Waals surface area contributed by atoms with Crippen molar-refractivity contribution >= 4 is 11.0 Å². The first-order chi connectivity index (χ1) is 9.20. The Morgan fingerprint density at radius 1 is 1.16 bits per heavy atom. The molecule has 0 radical (unpaired) electrons. The third-order valence-corrected chi connectivity index (χ3v) is 3.36. The SMILES string of the molecule is CCn1c(-c2ccccc2O)nc2cc(C)ccc21. The molecule has 1 N–H and O–H groups in total. The van der Waals surface area contributed by atoms with Gasteiger partial charge in [0, 0.05) is 6.54 Å². The van der Waals surface area contributed by atoms with Crippen molar-refractivity contribution in [3.05, 3.63) is 48.0 Å². The molecule has 3 aromatic rings. The lowest BCUT2D eigenvalue weighted by molar-refractivity contribution is 0.476. The molecule has 0 aliphatic rings. The highest BCUT2D eigenvalue weighted by Crippen LogP contribution is 2.31. The van der Waals surface area contributed by atoms with Crippen LogP contribution in [0.3, 0.4) is 0 Å². The van der Waals surface area contributed by atoms with Crippen molar-refractivity contribution in [2.45, 2.75) is 20.4 Å². The van der Waals surface area contributed by atoms with Crippen molar-refractivity contribution in [2.75, 3.05) is 0 Å². The third kappa shape index (κ3) is 1.87. The molecule has 1 aromatic heterocycles. The first-order valence-corrected chi connectivity index (χ1v) is 6.46. The smallest absolute Gasteiger partial charge is 0.144 e. The molecule has 3 rings (SSSR count). The van der Waals surface area contributed by atoms with Gasteiger partial charge in [-0.3, -0.25) is 0 Å². The summed E-state index contributed by atoms with van der Waals surface area (Å²) in [6.07, 6.45) is 0. The fourth-order valence-electron chi connectivity index (χ4n) is 2.43. The normalized spacial score (nSPS) is 11.1. The van der Waals surface area contributed by atoms with Gasteiger partial charge in [-0.05, 0) is 43.7 Å². The maximum Gasteiger partial charge on any atom is 0.144 e. The summed E-state index contributed by atoms with van der Waals surface area (Å²) < 4.78 is 2.13. The zero-order valence-electron chi connectivity index (χ0n) is 11.1. The minimum Gasteiger partial charge on any atom is -0.507 e. The third-order valence-electron chi connectivity index (χ3n) is 3.36. The van der Waals surface area contributed by atoms with Crippen molar-refractivity contribution in [3.8, 4) is 17.1 Å². The van der Waals surface area contributed by atoms with Gasteiger partial charge in [-0.2, -0.15) is 0 Å². The van der Waals surface area contributed by atoms with E-state index >= 15 is 0 Å². The van der Waals surface area contributed by atoms with Gasteiger partial charge in [0.15, 0.2) is 0 Å². The molecule has 0 unspecified atom stereocenters. The summed E-state index contributed by atoms with van der Waals surface area (Å²) in [6.45, 7) is 4.97. The second-order valence-corrected chi connectivity index (χ2v) is 4.69. The highest BCUT2D eigenvalue weighted by Gasteiger charge is 2.13. The molecule has 0 bridgehead atoms. The summed E-state index contributed by atoms with van der Waals surface area (Å²) in [6, 6.07) is 13.6. The van der Waals surface area contributed by atoms with Gasteiger partial charge in [0.05, 0.1) is 16.6 Å². The van der Waals surface area contributed by atoms with E-state index in [1.807, 2.05) is 18.2 Å². The highest BCUT2D eigenvalue weighted by atomic mass is 16.3. The molecule has 19 heavy (non-hydrogen) atoms. The maximum absolute atomic E-state index is 10.0. The summed E-state index contributed by atoms with van der Waals surface area (Å²) in [5.74, 6) is 1.09. The van der Waals surface area contributed by atoms with Crippen LogP contribution in [-0.4, -0.2) is 14.7 Å². The first-order valence-electron chi connectivity index (χ1n) is 6.46. The van der Waals surface area contributed by atoms with Gasteiger partial charge in [-0.15, -0.1) is 0 Å². The van der Waals surface area contributed by atoms with E-state index in [1.165, 1.54) is 5.56 Å². The van der Waals surface area contributed by atoms with E-state index < -0.39 is 0 Å². The van der Waals surface area contributed by atoms with Gasteiger partial charge < -0.3 is 9.67 Å². The van der Waals surface area contributed by atoms with E-state index in [2.05, 4.69) is 41.6 Å². The van der Waals surface area contributed by atoms with Gasteiger partial charge >= 0.3 is 0 Å². The fraction of sp³-hybridized carbons (Fsp3) is 0.188. The quantitative estimate of drug-likeness (QED) is 0.754. The van der Waals surface area contributed by atoms with Crippen LogP contribution < -0.4 is 0 Å². The van der Waals surface area contributed by atoms with Crippen LogP contribution in [0.15, 0.2) is 42.5 Å². The maximum atomic E-state index is 10.0. The Morgan fingerprint density at radius 3 is 2.68 bits per heavy atom. The summed E-state index contributed by atoms with van der Waals surface area (Å²) in [5.41, 5.74) is 4.04. The molecule has 0 fully saturated rings. The molecule has 0 atom stereocenters. The first kappa shape index (κ1) is 11.8. The molecule has 0 amide bonds.